The maximum absolute atomic E-state index is 5.37. The lowest BCUT2D eigenvalue weighted by molar-refractivity contribution is 0.331. The fourth-order valence-corrected chi connectivity index (χ4v) is 2.78. The molecule has 1 aliphatic heterocycles. The summed E-state index contributed by atoms with van der Waals surface area (Å²) in [4.78, 5) is 6.97. The predicted octanol–water partition coefficient (Wildman–Crippen LogP) is 2.48. The molecule has 1 aromatic heterocycles. The minimum Gasteiger partial charge on any atom is -0.334 e. The molecule has 1 unspecified atom stereocenters. The van der Waals surface area contributed by atoms with Crippen LogP contribution in [0.3, 0.4) is 0 Å². The molecule has 0 saturated carbocycles. The largest absolute Gasteiger partial charge is 0.334 e. The normalized spacial score (nSPS) is 17.0. The molecule has 5 heteroatoms. The van der Waals surface area contributed by atoms with Crippen LogP contribution in [0.15, 0.2) is 28.8 Å². The zero-order valence-corrected chi connectivity index (χ0v) is 13.4. The van der Waals surface area contributed by atoms with Gasteiger partial charge in [0.15, 0.2) is 5.82 Å². The first-order valence-electron chi connectivity index (χ1n) is 8.06. The Labute approximate surface area is 131 Å². The van der Waals surface area contributed by atoms with Gasteiger partial charge in [-0.25, -0.2) is 0 Å². The van der Waals surface area contributed by atoms with Gasteiger partial charge in [-0.15, -0.1) is 0 Å². The van der Waals surface area contributed by atoms with E-state index in [0.717, 1.165) is 24.4 Å². The number of rotatable bonds is 6. The van der Waals surface area contributed by atoms with Gasteiger partial charge >= 0.3 is 0 Å². The summed E-state index contributed by atoms with van der Waals surface area (Å²) in [5.74, 6) is 1.35. The van der Waals surface area contributed by atoms with Crippen LogP contribution in [-0.2, 0) is 13.0 Å². The molecule has 5 nitrogen and oxygen atoms in total. The molecule has 1 aliphatic rings. The lowest BCUT2D eigenvalue weighted by Gasteiger charge is -2.14. The molecule has 0 radical (unpaired) electrons. The van der Waals surface area contributed by atoms with Crippen LogP contribution in [0.5, 0.6) is 0 Å². The van der Waals surface area contributed by atoms with E-state index in [4.69, 9.17) is 4.52 Å². The second-order valence-corrected chi connectivity index (χ2v) is 6.09. The fraction of sp³-hybridized carbons (Fsp3) is 0.529. The van der Waals surface area contributed by atoms with Gasteiger partial charge in [0.2, 0.25) is 0 Å². The Morgan fingerprint density at radius 2 is 1.95 bits per heavy atom. The van der Waals surface area contributed by atoms with Crippen LogP contribution < -0.4 is 5.32 Å². The van der Waals surface area contributed by atoms with E-state index in [-0.39, 0.29) is 0 Å². The molecule has 1 atom stereocenters. The van der Waals surface area contributed by atoms with Gasteiger partial charge in [0.1, 0.15) is 0 Å². The first-order chi connectivity index (χ1) is 10.7. The van der Waals surface area contributed by atoms with Crippen molar-refractivity contribution in [2.75, 3.05) is 20.1 Å². The monoisotopic (exact) mass is 300 g/mol. The van der Waals surface area contributed by atoms with Gasteiger partial charge < -0.3 is 9.84 Å². The summed E-state index contributed by atoms with van der Waals surface area (Å²) in [6, 6.07) is 8.81. The van der Waals surface area contributed by atoms with Crippen LogP contribution in [-0.4, -0.2) is 41.2 Å². The molecule has 1 aromatic carbocycles. The van der Waals surface area contributed by atoms with Crippen molar-refractivity contribution in [3.05, 3.63) is 35.7 Å². The Kier molecular flexibility index (Phi) is 4.85. The van der Waals surface area contributed by atoms with E-state index in [1.807, 2.05) is 7.05 Å². The van der Waals surface area contributed by atoms with Gasteiger partial charge in [0.25, 0.3) is 5.89 Å². The molecule has 0 amide bonds. The SMILES string of the molecule is CNC(C)Cc1noc(-c2ccc(CN3CCCC3)cc2)n1. The molecule has 0 bridgehead atoms. The van der Waals surface area contributed by atoms with Gasteiger partial charge in [-0.3, -0.25) is 4.90 Å². The molecule has 2 aromatic rings. The van der Waals surface area contributed by atoms with Crippen LogP contribution >= 0.6 is 0 Å². The number of nitrogens with zero attached hydrogens (tertiary/aromatic N) is 3. The molecule has 3 rings (SSSR count). The highest BCUT2D eigenvalue weighted by molar-refractivity contribution is 5.53. The molecule has 1 saturated heterocycles. The Bertz CT molecular complexity index is 587. The summed E-state index contributed by atoms with van der Waals surface area (Å²) in [6.07, 6.45) is 3.43. The highest BCUT2D eigenvalue weighted by Gasteiger charge is 2.13. The van der Waals surface area contributed by atoms with Crippen LogP contribution in [0.1, 0.15) is 31.2 Å². The molecule has 0 aliphatic carbocycles. The standard InChI is InChI=1S/C17H24N4O/c1-13(18-2)11-16-19-17(22-20-16)15-7-5-14(6-8-15)12-21-9-3-4-10-21/h5-8,13,18H,3-4,9-12H2,1-2H3. The first-order valence-corrected chi connectivity index (χ1v) is 8.06. The van der Waals surface area contributed by atoms with Crippen molar-refractivity contribution < 1.29 is 4.52 Å². The zero-order chi connectivity index (χ0) is 15.4. The summed E-state index contributed by atoms with van der Waals surface area (Å²) in [7, 11) is 1.94. The third kappa shape index (κ3) is 3.72. The van der Waals surface area contributed by atoms with Crippen molar-refractivity contribution in [3.8, 4) is 11.5 Å². The third-order valence-electron chi connectivity index (χ3n) is 4.26. The lowest BCUT2D eigenvalue weighted by atomic mass is 10.1. The molecule has 22 heavy (non-hydrogen) atoms. The lowest BCUT2D eigenvalue weighted by Crippen LogP contribution is -2.24. The molecule has 2 heterocycles. The van der Waals surface area contributed by atoms with Crippen LogP contribution in [0.4, 0.5) is 0 Å². The number of likely N-dealkylation sites (N-methyl/N-ethyl adjacent to an activating group) is 1. The highest BCUT2D eigenvalue weighted by atomic mass is 16.5. The topological polar surface area (TPSA) is 54.2 Å². The van der Waals surface area contributed by atoms with Gasteiger partial charge in [-0.05, 0) is 57.6 Å². The summed E-state index contributed by atoms with van der Waals surface area (Å²) in [5.41, 5.74) is 2.33. The van der Waals surface area contributed by atoms with Gasteiger partial charge in [-0.1, -0.05) is 17.3 Å². The summed E-state index contributed by atoms with van der Waals surface area (Å²) in [5, 5.41) is 7.23. The average molecular weight is 300 g/mol. The number of hydrogen-bond donors (Lipinski definition) is 1. The zero-order valence-electron chi connectivity index (χ0n) is 13.4. The van der Waals surface area contributed by atoms with Crippen LogP contribution in [0, 0.1) is 0 Å². The van der Waals surface area contributed by atoms with E-state index in [1.165, 1.54) is 31.5 Å². The minimum atomic E-state index is 0.341. The van der Waals surface area contributed by atoms with E-state index in [0.29, 0.717) is 11.9 Å². The van der Waals surface area contributed by atoms with E-state index in [2.05, 4.69) is 51.5 Å². The minimum absolute atomic E-state index is 0.341. The Balaban J connectivity index is 1.64. The number of likely N-dealkylation sites (tertiary alicyclic amines) is 1. The average Bonchev–Trinajstić information content (AvgIpc) is 3.20. The number of aromatic nitrogens is 2. The van der Waals surface area contributed by atoms with E-state index in [9.17, 15) is 0 Å². The molecule has 1 N–H and O–H groups in total. The molecule has 118 valence electrons. The van der Waals surface area contributed by atoms with E-state index >= 15 is 0 Å². The Morgan fingerprint density at radius 3 is 2.64 bits per heavy atom. The molecule has 1 fully saturated rings. The molecule has 0 spiro atoms. The van der Waals surface area contributed by atoms with E-state index < -0.39 is 0 Å². The van der Waals surface area contributed by atoms with Crippen molar-refractivity contribution in [1.82, 2.24) is 20.4 Å². The Hall–Kier alpha value is -1.72. The Morgan fingerprint density at radius 1 is 1.23 bits per heavy atom. The van der Waals surface area contributed by atoms with Crippen molar-refractivity contribution in [1.29, 1.82) is 0 Å². The number of nitrogens with one attached hydrogen (secondary N) is 1. The smallest absolute Gasteiger partial charge is 0.257 e. The molecular formula is C17H24N4O. The number of hydrogen-bond acceptors (Lipinski definition) is 5. The second kappa shape index (κ2) is 7.03. The highest BCUT2D eigenvalue weighted by Crippen LogP contribution is 2.20. The van der Waals surface area contributed by atoms with Crippen molar-refractivity contribution in [2.45, 2.75) is 38.8 Å². The second-order valence-electron chi connectivity index (χ2n) is 6.09. The number of benzene rings is 1. The molecular weight excluding hydrogens is 276 g/mol. The third-order valence-corrected chi connectivity index (χ3v) is 4.26. The van der Waals surface area contributed by atoms with Gasteiger partial charge in [-0.2, -0.15) is 4.98 Å². The maximum atomic E-state index is 5.37. The van der Waals surface area contributed by atoms with Crippen molar-refractivity contribution in [2.24, 2.45) is 0 Å². The van der Waals surface area contributed by atoms with Gasteiger partial charge in [0.05, 0.1) is 0 Å². The van der Waals surface area contributed by atoms with E-state index in [1.54, 1.807) is 0 Å². The summed E-state index contributed by atoms with van der Waals surface area (Å²) < 4.78 is 5.37. The summed E-state index contributed by atoms with van der Waals surface area (Å²) in [6.45, 7) is 5.58. The van der Waals surface area contributed by atoms with Crippen LogP contribution in [0.2, 0.25) is 0 Å². The quantitative estimate of drug-likeness (QED) is 0.888. The van der Waals surface area contributed by atoms with Gasteiger partial charge in [0, 0.05) is 24.6 Å². The van der Waals surface area contributed by atoms with Crippen LogP contribution in [0.25, 0.3) is 11.5 Å². The van der Waals surface area contributed by atoms with Crippen molar-refractivity contribution in [3.63, 3.8) is 0 Å². The fourth-order valence-electron chi connectivity index (χ4n) is 2.78. The first kappa shape index (κ1) is 15.2. The summed E-state index contributed by atoms with van der Waals surface area (Å²) >= 11 is 0. The van der Waals surface area contributed by atoms with Crippen molar-refractivity contribution >= 4 is 0 Å². The predicted molar refractivity (Wildman–Crippen MR) is 86.5 cm³/mol. The maximum Gasteiger partial charge on any atom is 0.257 e.